The molecule has 0 spiro atoms. The van der Waals surface area contributed by atoms with Crippen molar-refractivity contribution in [3.8, 4) is 0 Å². The minimum absolute atomic E-state index is 0.612. The van der Waals surface area contributed by atoms with E-state index in [0.717, 1.165) is 12.2 Å². The van der Waals surface area contributed by atoms with E-state index in [4.69, 9.17) is 5.11 Å². The predicted molar refractivity (Wildman–Crippen MR) is 67.2 cm³/mol. The van der Waals surface area contributed by atoms with Crippen LogP contribution >= 0.6 is 11.3 Å². The van der Waals surface area contributed by atoms with Crippen molar-refractivity contribution in [3.05, 3.63) is 15.9 Å². The first kappa shape index (κ1) is 12.4. The number of aryl methyl sites for hydroxylation is 1. The average molecular weight is 254 g/mol. The van der Waals surface area contributed by atoms with Crippen molar-refractivity contribution in [1.82, 2.24) is 4.57 Å². The maximum absolute atomic E-state index is 10.6. The number of aromatic nitrogens is 1. The van der Waals surface area contributed by atoms with E-state index in [0.29, 0.717) is 10.7 Å². The summed E-state index contributed by atoms with van der Waals surface area (Å²) in [5.74, 6) is 0.685. The fourth-order valence-electron chi connectivity index (χ4n) is 2.43. The molecular weight excluding hydrogens is 236 g/mol. The molecule has 0 aliphatic heterocycles. The molecule has 1 fully saturated rings. The maximum Gasteiger partial charge on any atom is 0.433 e. The number of hydrogen-bond donors (Lipinski definition) is 1. The highest BCUT2D eigenvalue weighted by atomic mass is 32.1. The van der Waals surface area contributed by atoms with Gasteiger partial charge in [0.05, 0.1) is 0 Å². The van der Waals surface area contributed by atoms with Gasteiger partial charge in [0.15, 0.2) is 4.80 Å². The first-order valence-corrected chi connectivity index (χ1v) is 6.97. The van der Waals surface area contributed by atoms with Crippen LogP contribution in [0, 0.1) is 12.8 Å². The lowest BCUT2D eigenvalue weighted by Gasteiger charge is -2.22. The predicted octanol–water partition coefficient (Wildman–Crippen LogP) is 3.02. The van der Waals surface area contributed by atoms with E-state index in [-0.39, 0.29) is 0 Å². The van der Waals surface area contributed by atoms with Gasteiger partial charge in [0.25, 0.3) is 0 Å². The number of rotatable bonds is 2. The lowest BCUT2D eigenvalue weighted by Crippen LogP contribution is -2.23. The van der Waals surface area contributed by atoms with Crippen LogP contribution in [0.15, 0.2) is 10.4 Å². The van der Waals surface area contributed by atoms with Crippen LogP contribution < -0.4 is 4.80 Å². The zero-order valence-electron chi connectivity index (χ0n) is 10.1. The van der Waals surface area contributed by atoms with Gasteiger partial charge in [-0.05, 0) is 25.7 Å². The average Bonchev–Trinajstić information content (AvgIpc) is 2.62. The van der Waals surface area contributed by atoms with Gasteiger partial charge < -0.3 is 9.67 Å². The van der Waals surface area contributed by atoms with Gasteiger partial charge in [-0.3, -0.25) is 0 Å². The normalized spacial score (nSPS) is 18.5. The van der Waals surface area contributed by atoms with Gasteiger partial charge in [-0.2, -0.15) is 0 Å². The molecule has 0 aromatic carbocycles. The van der Waals surface area contributed by atoms with Crippen LogP contribution in [0.1, 0.15) is 37.8 Å². The smallest absolute Gasteiger partial charge is 0.433 e. The minimum Gasteiger partial charge on any atom is -0.463 e. The van der Waals surface area contributed by atoms with Crippen molar-refractivity contribution in [2.24, 2.45) is 10.9 Å². The highest BCUT2D eigenvalue weighted by Gasteiger charge is 2.15. The first-order chi connectivity index (χ1) is 8.16. The summed E-state index contributed by atoms with van der Waals surface area (Å²) in [6.07, 6.45) is 5.36. The summed E-state index contributed by atoms with van der Waals surface area (Å²) >= 11 is 1.41. The van der Waals surface area contributed by atoms with E-state index < -0.39 is 6.09 Å². The van der Waals surface area contributed by atoms with Crippen molar-refractivity contribution >= 4 is 17.4 Å². The molecule has 1 aliphatic rings. The first-order valence-electron chi connectivity index (χ1n) is 6.09. The van der Waals surface area contributed by atoms with Crippen molar-refractivity contribution in [3.63, 3.8) is 0 Å². The molecule has 1 amide bonds. The van der Waals surface area contributed by atoms with Crippen LogP contribution in [-0.4, -0.2) is 15.8 Å². The summed E-state index contributed by atoms with van der Waals surface area (Å²) in [4.78, 5) is 14.9. The molecule has 4 nitrogen and oxygen atoms in total. The van der Waals surface area contributed by atoms with Gasteiger partial charge in [-0.1, -0.05) is 19.3 Å². The van der Waals surface area contributed by atoms with Gasteiger partial charge in [0.1, 0.15) is 0 Å². The Kier molecular flexibility index (Phi) is 3.99. The Labute approximate surface area is 105 Å². The number of thiazole rings is 1. The Morgan fingerprint density at radius 3 is 2.88 bits per heavy atom. The van der Waals surface area contributed by atoms with Crippen LogP contribution in [0.3, 0.4) is 0 Å². The largest absolute Gasteiger partial charge is 0.463 e. The van der Waals surface area contributed by atoms with E-state index in [2.05, 4.69) is 9.56 Å². The number of nitrogens with zero attached hydrogens (tertiary/aromatic N) is 2. The van der Waals surface area contributed by atoms with Gasteiger partial charge in [-0.25, -0.2) is 4.79 Å². The van der Waals surface area contributed by atoms with E-state index in [1.165, 1.54) is 43.4 Å². The second-order valence-electron chi connectivity index (χ2n) is 4.67. The lowest BCUT2D eigenvalue weighted by atomic mass is 9.89. The Morgan fingerprint density at radius 1 is 1.53 bits per heavy atom. The molecule has 1 aromatic heterocycles. The molecule has 1 aromatic rings. The van der Waals surface area contributed by atoms with E-state index in [1.54, 1.807) is 0 Å². The fraction of sp³-hybridized carbons (Fsp3) is 0.667. The quantitative estimate of drug-likeness (QED) is 0.882. The molecule has 94 valence electrons. The molecule has 0 unspecified atom stereocenters. The summed E-state index contributed by atoms with van der Waals surface area (Å²) in [5, 5.41) is 10.7. The zero-order valence-corrected chi connectivity index (χ0v) is 10.9. The second-order valence-corrected chi connectivity index (χ2v) is 5.51. The molecule has 1 N–H and O–H groups in total. The Balaban J connectivity index is 2.19. The van der Waals surface area contributed by atoms with Crippen molar-refractivity contribution in [2.45, 2.75) is 45.6 Å². The Morgan fingerprint density at radius 2 is 2.24 bits per heavy atom. The van der Waals surface area contributed by atoms with Crippen LogP contribution in [-0.2, 0) is 6.54 Å². The summed E-state index contributed by atoms with van der Waals surface area (Å²) in [6, 6.07) is 0. The van der Waals surface area contributed by atoms with Crippen LogP contribution in [0.4, 0.5) is 4.79 Å². The van der Waals surface area contributed by atoms with Crippen molar-refractivity contribution < 1.29 is 9.90 Å². The second kappa shape index (κ2) is 5.49. The molecule has 5 heteroatoms. The molecule has 1 aliphatic carbocycles. The standard InChI is InChI=1S/C12H18N2O2S/c1-9-8-17-11(13-12(15)16)14(9)7-10-5-3-2-4-6-10/h8,10H,2-7H2,1H3,(H,15,16)/b13-11+. The minimum atomic E-state index is -1.11. The summed E-state index contributed by atoms with van der Waals surface area (Å²) < 4.78 is 2.05. The van der Waals surface area contributed by atoms with Crippen LogP contribution in [0.25, 0.3) is 0 Å². The number of carboxylic acid groups (broad SMARTS) is 1. The summed E-state index contributed by atoms with van der Waals surface area (Å²) in [5.41, 5.74) is 1.11. The number of hydrogen-bond acceptors (Lipinski definition) is 2. The van der Waals surface area contributed by atoms with E-state index >= 15 is 0 Å². The Hall–Kier alpha value is -1.10. The molecule has 2 rings (SSSR count). The van der Waals surface area contributed by atoms with Gasteiger partial charge in [0, 0.05) is 17.6 Å². The molecule has 0 radical (unpaired) electrons. The van der Waals surface area contributed by atoms with Crippen molar-refractivity contribution in [1.29, 1.82) is 0 Å². The summed E-state index contributed by atoms with van der Waals surface area (Å²) in [7, 11) is 0. The van der Waals surface area contributed by atoms with E-state index in [9.17, 15) is 4.79 Å². The highest BCUT2D eigenvalue weighted by molar-refractivity contribution is 7.07. The van der Waals surface area contributed by atoms with Gasteiger partial charge in [-0.15, -0.1) is 16.3 Å². The number of amides is 1. The molecule has 17 heavy (non-hydrogen) atoms. The Bertz CT molecular complexity index is 455. The molecule has 1 saturated carbocycles. The topological polar surface area (TPSA) is 54.6 Å². The lowest BCUT2D eigenvalue weighted by molar-refractivity contribution is 0.204. The van der Waals surface area contributed by atoms with Crippen LogP contribution in [0.2, 0.25) is 0 Å². The monoisotopic (exact) mass is 254 g/mol. The van der Waals surface area contributed by atoms with Gasteiger partial charge >= 0.3 is 6.09 Å². The zero-order chi connectivity index (χ0) is 12.3. The molecule has 0 bridgehead atoms. The molecular formula is C12H18N2O2S. The molecule has 0 atom stereocenters. The molecule has 0 saturated heterocycles. The summed E-state index contributed by atoms with van der Waals surface area (Å²) in [6.45, 7) is 2.93. The maximum atomic E-state index is 10.6. The van der Waals surface area contributed by atoms with Crippen molar-refractivity contribution in [2.75, 3.05) is 0 Å². The third-order valence-electron chi connectivity index (χ3n) is 3.35. The van der Waals surface area contributed by atoms with E-state index in [1.807, 2.05) is 12.3 Å². The third kappa shape index (κ3) is 3.19. The SMILES string of the molecule is Cc1cs/c(=N/C(=O)O)n1CC1CCCCC1. The number of carbonyl (C=O) groups is 1. The third-order valence-corrected chi connectivity index (χ3v) is 4.33. The fourth-order valence-corrected chi connectivity index (χ4v) is 3.31. The highest BCUT2D eigenvalue weighted by Crippen LogP contribution is 2.25. The van der Waals surface area contributed by atoms with Gasteiger partial charge in [0.2, 0.25) is 0 Å². The molecule has 1 heterocycles. The van der Waals surface area contributed by atoms with Crippen LogP contribution in [0.5, 0.6) is 0 Å².